The molecule has 6 heteroatoms. The summed E-state index contributed by atoms with van der Waals surface area (Å²) in [6.07, 6.45) is -2.76. The molecule has 94 valence electrons. The maximum atomic E-state index is 11.0. The molecule has 2 N–H and O–H groups in total. The molecule has 0 aromatic heterocycles. The lowest BCUT2D eigenvalue weighted by atomic mass is 10.0. The first kappa shape index (κ1) is 14.4. The standard InChI is InChI=1S/C11H12BrClO4/c1-17-10(15)5-9(14)11(16)7-3-2-6(12)4-8(7)13/h2-4,9,11,14,16H,5H2,1H3. The van der Waals surface area contributed by atoms with Gasteiger partial charge in [-0.2, -0.15) is 0 Å². The molecule has 0 amide bonds. The van der Waals surface area contributed by atoms with Crippen LogP contribution in [0.1, 0.15) is 18.1 Å². The van der Waals surface area contributed by atoms with Crippen LogP contribution in [0.4, 0.5) is 0 Å². The first-order valence-corrected chi connectivity index (χ1v) is 6.00. The van der Waals surface area contributed by atoms with E-state index in [0.29, 0.717) is 10.6 Å². The third-order valence-corrected chi connectivity index (χ3v) is 3.07. The van der Waals surface area contributed by atoms with Crippen molar-refractivity contribution in [2.45, 2.75) is 18.6 Å². The fourth-order valence-corrected chi connectivity index (χ4v) is 2.10. The van der Waals surface area contributed by atoms with Gasteiger partial charge >= 0.3 is 5.97 Å². The molecule has 0 fully saturated rings. The molecule has 0 bridgehead atoms. The van der Waals surface area contributed by atoms with Crippen LogP contribution in [0.3, 0.4) is 0 Å². The molecule has 17 heavy (non-hydrogen) atoms. The Labute approximate surface area is 112 Å². The van der Waals surface area contributed by atoms with Crippen LogP contribution in [0.5, 0.6) is 0 Å². The predicted molar refractivity (Wildman–Crippen MR) is 66.8 cm³/mol. The molecular weight excluding hydrogens is 311 g/mol. The third-order valence-electron chi connectivity index (χ3n) is 2.25. The second-order valence-electron chi connectivity index (χ2n) is 3.46. The Morgan fingerprint density at radius 3 is 2.71 bits per heavy atom. The molecule has 0 aliphatic heterocycles. The number of aliphatic hydroxyl groups excluding tert-OH is 2. The summed E-state index contributed by atoms with van der Waals surface area (Å²) in [5.74, 6) is -0.593. The highest BCUT2D eigenvalue weighted by molar-refractivity contribution is 9.10. The minimum Gasteiger partial charge on any atom is -0.469 e. The lowest BCUT2D eigenvalue weighted by Crippen LogP contribution is -2.22. The van der Waals surface area contributed by atoms with Crippen molar-refractivity contribution in [2.75, 3.05) is 7.11 Å². The van der Waals surface area contributed by atoms with Crippen molar-refractivity contribution < 1.29 is 19.7 Å². The Morgan fingerprint density at radius 2 is 2.18 bits per heavy atom. The summed E-state index contributed by atoms with van der Waals surface area (Å²) < 4.78 is 5.17. The van der Waals surface area contributed by atoms with Crippen LogP contribution in [0.25, 0.3) is 0 Å². The van der Waals surface area contributed by atoms with Gasteiger partial charge in [0.1, 0.15) is 6.10 Å². The molecule has 0 saturated carbocycles. The van der Waals surface area contributed by atoms with Gasteiger partial charge in [-0.25, -0.2) is 0 Å². The van der Waals surface area contributed by atoms with Crippen molar-refractivity contribution in [3.8, 4) is 0 Å². The molecule has 0 heterocycles. The number of carbonyl (C=O) groups is 1. The van der Waals surface area contributed by atoms with E-state index in [0.717, 1.165) is 4.47 Å². The molecule has 0 radical (unpaired) electrons. The summed E-state index contributed by atoms with van der Waals surface area (Å²) >= 11 is 9.15. The summed E-state index contributed by atoms with van der Waals surface area (Å²) in [7, 11) is 1.22. The number of halogens is 2. The number of methoxy groups -OCH3 is 1. The van der Waals surface area contributed by atoms with Crippen LogP contribution >= 0.6 is 27.5 Å². The average molecular weight is 324 g/mol. The largest absolute Gasteiger partial charge is 0.469 e. The summed E-state index contributed by atoms with van der Waals surface area (Å²) in [4.78, 5) is 11.0. The average Bonchev–Trinajstić information content (AvgIpc) is 2.28. The molecule has 0 aliphatic carbocycles. The smallest absolute Gasteiger partial charge is 0.308 e. The summed E-state index contributed by atoms with van der Waals surface area (Å²) in [5, 5.41) is 19.8. The van der Waals surface area contributed by atoms with Crippen molar-refractivity contribution in [3.63, 3.8) is 0 Å². The lowest BCUT2D eigenvalue weighted by molar-refractivity contribution is -0.144. The van der Waals surface area contributed by atoms with Gasteiger partial charge in [-0.05, 0) is 12.1 Å². The molecule has 1 aromatic carbocycles. The molecule has 0 saturated heterocycles. The van der Waals surface area contributed by atoms with Crippen LogP contribution in [-0.4, -0.2) is 29.4 Å². The molecule has 0 aliphatic rings. The zero-order valence-electron chi connectivity index (χ0n) is 9.06. The lowest BCUT2D eigenvalue weighted by Gasteiger charge is -2.18. The van der Waals surface area contributed by atoms with Crippen LogP contribution < -0.4 is 0 Å². The van der Waals surface area contributed by atoms with Gasteiger partial charge in [-0.15, -0.1) is 0 Å². The Hall–Kier alpha value is -0.620. The third kappa shape index (κ3) is 3.96. The number of hydrogen-bond donors (Lipinski definition) is 2. The molecule has 1 rings (SSSR count). The van der Waals surface area contributed by atoms with Gasteiger partial charge in [0.15, 0.2) is 0 Å². The second kappa shape index (κ2) is 6.35. The maximum Gasteiger partial charge on any atom is 0.308 e. The zero-order valence-corrected chi connectivity index (χ0v) is 11.4. The summed E-state index contributed by atoms with van der Waals surface area (Å²) in [5.41, 5.74) is 0.367. The molecular formula is C11H12BrClO4. The van der Waals surface area contributed by atoms with Gasteiger partial charge in [0.05, 0.1) is 19.6 Å². The normalized spacial score (nSPS) is 14.2. The van der Waals surface area contributed by atoms with E-state index >= 15 is 0 Å². The molecule has 1 aromatic rings. The van der Waals surface area contributed by atoms with Crippen molar-refractivity contribution in [3.05, 3.63) is 33.3 Å². The molecule has 0 spiro atoms. The highest BCUT2D eigenvalue weighted by Crippen LogP contribution is 2.29. The Kier molecular flexibility index (Phi) is 5.39. The van der Waals surface area contributed by atoms with Crippen LogP contribution in [0, 0.1) is 0 Å². The highest BCUT2D eigenvalue weighted by atomic mass is 79.9. The minimum absolute atomic E-state index is 0.288. The van der Waals surface area contributed by atoms with Crippen LogP contribution in [0.2, 0.25) is 5.02 Å². The Bertz CT molecular complexity index is 410. The quantitative estimate of drug-likeness (QED) is 0.832. The Balaban J connectivity index is 2.81. The number of carbonyl (C=O) groups excluding carboxylic acids is 1. The number of aliphatic hydroxyl groups is 2. The number of ether oxygens (including phenoxy) is 1. The molecule has 4 nitrogen and oxygen atoms in total. The van der Waals surface area contributed by atoms with E-state index in [1.54, 1.807) is 18.2 Å². The van der Waals surface area contributed by atoms with Gasteiger partial charge in [-0.3, -0.25) is 4.79 Å². The first-order valence-electron chi connectivity index (χ1n) is 4.83. The highest BCUT2D eigenvalue weighted by Gasteiger charge is 2.23. The maximum absolute atomic E-state index is 11.0. The molecule has 2 atom stereocenters. The number of rotatable bonds is 4. The van der Waals surface area contributed by atoms with Crippen molar-refractivity contribution >= 4 is 33.5 Å². The fourth-order valence-electron chi connectivity index (χ4n) is 1.31. The van der Waals surface area contributed by atoms with Gasteiger partial charge in [0.2, 0.25) is 0 Å². The van der Waals surface area contributed by atoms with Crippen molar-refractivity contribution in [1.82, 2.24) is 0 Å². The molecule has 2 unspecified atom stereocenters. The SMILES string of the molecule is COC(=O)CC(O)C(O)c1ccc(Br)cc1Cl. The van der Waals surface area contributed by atoms with E-state index < -0.39 is 18.2 Å². The van der Waals surface area contributed by atoms with Crippen molar-refractivity contribution in [2.24, 2.45) is 0 Å². The summed E-state index contributed by atoms with van der Waals surface area (Å²) in [6, 6.07) is 4.87. The van der Waals surface area contributed by atoms with Crippen LogP contribution in [0.15, 0.2) is 22.7 Å². The van der Waals surface area contributed by atoms with Gasteiger partial charge in [0, 0.05) is 15.1 Å². The van der Waals surface area contributed by atoms with Crippen molar-refractivity contribution in [1.29, 1.82) is 0 Å². The first-order chi connectivity index (χ1) is 7.95. The minimum atomic E-state index is -1.25. The summed E-state index contributed by atoms with van der Waals surface area (Å²) in [6.45, 7) is 0. The number of benzene rings is 1. The second-order valence-corrected chi connectivity index (χ2v) is 4.78. The van der Waals surface area contributed by atoms with E-state index in [9.17, 15) is 15.0 Å². The van der Waals surface area contributed by atoms with E-state index in [2.05, 4.69) is 20.7 Å². The van der Waals surface area contributed by atoms with Gasteiger partial charge < -0.3 is 14.9 Å². The predicted octanol–water partition coefficient (Wildman–Crippen LogP) is 2.06. The Morgan fingerprint density at radius 1 is 1.53 bits per heavy atom. The topological polar surface area (TPSA) is 66.8 Å². The van der Waals surface area contributed by atoms with Gasteiger partial charge in [-0.1, -0.05) is 33.6 Å². The van der Waals surface area contributed by atoms with E-state index in [1.165, 1.54) is 7.11 Å². The number of hydrogen-bond acceptors (Lipinski definition) is 4. The number of esters is 1. The van der Waals surface area contributed by atoms with E-state index in [4.69, 9.17) is 11.6 Å². The van der Waals surface area contributed by atoms with Gasteiger partial charge in [0.25, 0.3) is 0 Å². The van der Waals surface area contributed by atoms with E-state index in [-0.39, 0.29) is 6.42 Å². The van der Waals surface area contributed by atoms with E-state index in [1.807, 2.05) is 0 Å². The van der Waals surface area contributed by atoms with Crippen LogP contribution in [-0.2, 0) is 9.53 Å². The fraction of sp³-hybridized carbons (Fsp3) is 0.364. The monoisotopic (exact) mass is 322 g/mol. The zero-order chi connectivity index (χ0) is 13.0.